The normalized spacial score (nSPS) is 12.7. The van der Waals surface area contributed by atoms with Gasteiger partial charge in [0.2, 0.25) is 0 Å². The molecule has 3 nitrogen and oxygen atoms in total. The van der Waals surface area contributed by atoms with Crippen LogP contribution in [0, 0.1) is 0 Å². The third kappa shape index (κ3) is 2.37. The molecule has 0 fully saturated rings. The van der Waals surface area contributed by atoms with Gasteiger partial charge in [-0.1, -0.05) is 24.3 Å². The number of nitrogens with two attached hydrogens (primary N) is 1. The van der Waals surface area contributed by atoms with Gasteiger partial charge in [0.25, 0.3) is 0 Å². The van der Waals surface area contributed by atoms with Crippen LogP contribution in [0.2, 0.25) is 0 Å². The molecule has 19 heavy (non-hydrogen) atoms. The van der Waals surface area contributed by atoms with Crippen LogP contribution in [0.5, 0.6) is 0 Å². The van der Waals surface area contributed by atoms with Crippen molar-refractivity contribution in [1.29, 1.82) is 0 Å². The van der Waals surface area contributed by atoms with Gasteiger partial charge in [0.05, 0.1) is 17.8 Å². The van der Waals surface area contributed by atoms with E-state index in [0.717, 1.165) is 23.4 Å². The number of pyridine rings is 1. The molecule has 2 heterocycles. The van der Waals surface area contributed by atoms with Crippen LogP contribution >= 0.6 is 0 Å². The lowest BCUT2D eigenvalue weighted by atomic mass is 10.2. The maximum absolute atomic E-state index is 5.96. The SMILES string of the molecule is CC(N)c1cccn1Cc1ccc2ccccc2n1. The van der Waals surface area contributed by atoms with Crippen LogP contribution in [0.1, 0.15) is 24.4 Å². The van der Waals surface area contributed by atoms with Crippen molar-refractivity contribution in [3.8, 4) is 0 Å². The summed E-state index contributed by atoms with van der Waals surface area (Å²) in [4.78, 5) is 4.69. The summed E-state index contributed by atoms with van der Waals surface area (Å²) in [5, 5.41) is 1.17. The maximum atomic E-state index is 5.96. The topological polar surface area (TPSA) is 43.8 Å². The van der Waals surface area contributed by atoms with Crippen molar-refractivity contribution in [2.45, 2.75) is 19.5 Å². The lowest BCUT2D eigenvalue weighted by Gasteiger charge is -2.12. The minimum atomic E-state index is 0.0375. The number of aromatic nitrogens is 2. The molecular weight excluding hydrogens is 234 g/mol. The van der Waals surface area contributed by atoms with Gasteiger partial charge in [-0.05, 0) is 31.2 Å². The molecule has 1 atom stereocenters. The van der Waals surface area contributed by atoms with Gasteiger partial charge in [0.15, 0.2) is 0 Å². The molecule has 0 spiro atoms. The number of rotatable bonds is 3. The van der Waals surface area contributed by atoms with Crippen molar-refractivity contribution >= 4 is 10.9 Å². The molecule has 0 bridgehead atoms. The smallest absolute Gasteiger partial charge is 0.0706 e. The minimum Gasteiger partial charge on any atom is -0.344 e. The van der Waals surface area contributed by atoms with E-state index >= 15 is 0 Å². The van der Waals surface area contributed by atoms with E-state index in [0.29, 0.717) is 0 Å². The Morgan fingerprint density at radius 1 is 1.11 bits per heavy atom. The van der Waals surface area contributed by atoms with Gasteiger partial charge in [-0.2, -0.15) is 0 Å². The quantitative estimate of drug-likeness (QED) is 0.777. The van der Waals surface area contributed by atoms with Crippen molar-refractivity contribution in [2.75, 3.05) is 0 Å². The second-order valence-corrected chi connectivity index (χ2v) is 4.84. The average Bonchev–Trinajstić information content (AvgIpc) is 2.87. The van der Waals surface area contributed by atoms with Gasteiger partial charge in [-0.3, -0.25) is 4.98 Å². The van der Waals surface area contributed by atoms with Gasteiger partial charge < -0.3 is 10.3 Å². The molecule has 0 saturated heterocycles. The first-order valence-corrected chi connectivity index (χ1v) is 6.49. The highest BCUT2D eigenvalue weighted by atomic mass is 15.0. The lowest BCUT2D eigenvalue weighted by molar-refractivity contribution is 0.668. The monoisotopic (exact) mass is 251 g/mol. The van der Waals surface area contributed by atoms with Crippen LogP contribution in [0.3, 0.4) is 0 Å². The zero-order chi connectivity index (χ0) is 13.2. The standard InChI is InChI=1S/C16H17N3/c1-12(17)16-7-4-10-19(16)11-14-9-8-13-5-2-3-6-15(13)18-14/h2-10,12H,11,17H2,1H3. The summed E-state index contributed by atoms with van der Waals surface area (Å²) in [6.07, 6.45) is 2.05. The van der Waals surface area contributed by atoms with Crippen LogP contribution in [-0.4, -0.2) is 9.55 Å². The highest BCUT2D eigenvalue weighted by Crippen LogP contribution is 2.15. The zero-order valence-corrected chi connectivity index (χ0v) is 11.0. The summed E-state index contributed by atoms with van der Waals surface area (Å²) in [5.74, 6) is 0. The third-order valence-corrected chi connectivity index (χ3v) is 3.32. The molecule has 1 unspecified atom stereocenters. The lowest BCUT2D eigenvalue weighted by Crippen LogP contribution is -2.12. The van der Waals surface area contributed by atoms with Gasteiger partial charge in [-0.15, -0.1) is 0 Å². The van der Waals surface area contributed by atoms with E-state index in [4.69, 9.17) is 5.73 Å². The fourth-order valence-electron chi connectivity index (χ4n) is 2.36. The van der Waals surface area contributed by atoms with E-state index in [9.17, 15) is 0 Å². The maximum Gasteiger partial charge on any atom is 0.0706 e. The molecule has 2 aromatic heterocycles. The molecule has 96 valence electrons. The Morgan fingerprint density at radius 3 is 2.79 bits per heavy atom. The summed E-state index contributed by atoms with van der Waals surface area (Å²) < 4.78 is 2.15. The molecule has 0 aliphatic rings. The van der Waals surface area contributed by atoms with E-state index < -0.39 is 0 Å². The Hall–Kier alpha value is -2.13. The minimum absolute atomic E-state index is 0.0375. The molecular formula is C16H17N3. The van der Waals surface area contributed by atoms with E-state index in [1.165, 1.54) is 5.39 Å². The van der Waals surface area contributed by atoms with Crippen molar-refractivity contribution in [1.82, 2.24) is 9.55 Å². The first kappa shape index (κ1) is 11.9. The molecule has 3 rings (SSSR count). The predicted molar refractivity (Wildman–Crippen MR) is 77.9 cm³/mol. The number of hydrogen-bond acceptors (Lipinski definition) is 2. The molecule has 0 aliphatic carbocycles. The Labute approximate surface area is 112 Å². The Kier molecular flexibility index (Phi) is 3.05. The van der Waals surface area contributed by atoms with Crippen LogP contribution in [0.15, 0.2) is 54.7 Å². The Bertz CT molecular complexity index is 698. The summed E-state index contributed by atoms with van der Waals surface area (Å²) >= 11 is 0. The second kappa shape index (κ2) is 4.86. The number of para-hydroxylation sites is 1. The molecule has 0 radical (unpaired) electrons. The summed E-state index contributed by atoms with van der Waals surface area (Å²) in [7, 11) is 0. The largest absolute Gasteiger partial charge is 0.344 e. The summed E-state index contributed by atoms with van der Waals surface area (Å²) in [6, 6.07) is 16.5. The molecule has 3 heteroatoms. The van der Waals surface area contributed by atoms with Crippen molar-refractivity contribution in [3.05, 3.63) is 66.1 Å². The van der Waals surface area contributed by atoms with E-state index in [1.54, 1.807) is 0 Å². The average molecular weight is 251 g/mol. The van der Waals surface area contributed by atoms with E-state index in [1.807, 2.05) is 31.2 Å². The van der Waals surface area contributed by atoms with E-state index in [-0.39, 0.29) is 6.04 Å². The van der Waals surface area contributed by atoms with Crippen molar-refractivity contribution in [3.63, 3.8) is 0 Å². The second-order valence-electron chi connectivity index (χ2n) is 4.84. The Balaban J connectivity index is 1.94. The van der Waals surface area contributed by atoms with Crippen LogP contribution in [0.25, 0.3) is 10.9 Å². The number of fused-ring (bicyclic) bond motifs is 1. The van der Waals surface area contributed by atoms with Gasteiger partial charge in [0.1, 0.15) is 0 Å². The highest BCUT2D eigenvalue weighted by molar-refractivity contribution is 5.78. The van der Waals surface area contributed by atoms with Crippen molar-refractivity contribution in [2.24, 2.45) is 5.73 Å². The van der Waals surface area contributed by atoms with E-state index in [2.05, 4.69) is 40.0 Å². The highest BCUT2D eigenvalue weighted by Gasteiger charge is 2.06. The Morgan fingerprint density at radius 2 is 1.95 bits per heavy atom. The number of benzene rings is 1. The molecule has 1 aromatic carbocycles. The van der Waals surface area contributed by atoms with Crippen molar-refractivity contribution < 1.29 is 0 Å². The number of hydrogen-bond donors (Lipinski definition) is 1. The van der Waals surface area contributed by atoms with Crippen LogP contribution in [0.4, 0.5) is 0 Å². The first-order chi connectivity index (χ1) is 9.24. The van der Waals surface area contributed by atoms with Gasteiger partial charge >= 0.3 is 0 Å². The molecule has 0 saturated carbocycles. The van der Waals surface area contributed by atoms with Gasteiger partial charge in [0, 0.05) is 23.3 Å². The molecule has 3 aromatic rings. The molecule has 0 amide bonds. The van der Waals surface area contributed by atoms with Crippen LogP contribution < -0.4 is 5.73 Å². The fourth-order valence-corrected chi connectivity index (χ4v) is 2.36. The number of nitrogens with zero attached hydrogens (tertiary/aromatic N) is 2. The fraction of sp³-hybridized carbons (Fsp3) is 0.188. The van der Waals surface area contributed by atoms with Crippen LogP contribution in [-0.2, 0) is 6.54 Å². The molecule has 0 aliphatic heterocycles. The first-order valence-electron chi connectivity index (χ1n) is 6.49. The summed E-state index contributed by atoms with van der Waals surface area (Å²) in [5.41, 5.74) is 9.19. The predicted octanol–water partition coefficient (Wildman–Crippen LogP) is 3.10. The third-order valence-electron chi connectivity index (χ3n) is 3.32. The zero-order valence-electron chi connectivity index (χ0n) is 11.0. The summed E-state index contributed by atoms with van der Waals surface area (Å²) in [6.45, 7) is 2.76. The van der Waals surface area contributed by atoms with Gasteiger partial charge in [-0.25, -0.2) is 0 Å². The molecule has 2 N–H and O–H groups in total.